The SMILES string of the molecule is COC[C@H]1O[C@H](O[C@@H]2C3=C(C(C)C)CC[C@]3(C)[C@@H](O)C3=C(CCC3=O)[C@@H](C)[C@H]2O)[C@H](O)[C@@H](O)[C@@H]1O. The van der Waals surface area contributed by atoms with Gasteiger partial charge in [0.1, 0.15) is 30.5 Å². The maximum atomic E-state index is 12.8. The zero-order valence-electron chi connectivity index (χ0n) is 21.2. The van der Waals surface area contributed by atoms with E-state index in [1.807, 2.05) is 27.7 Å². The Labute approximate surface area is 206 Å². The van der Waals surface area contributed by atoms with Crippen LogP contribution in [0.25, 0.3) is 0 Å². The first-order chi connectivity index (χ1) is 16.4. The molecular weight excluding hydrogens is 456 g/mol. The highest BCUT2D eigenvalue weighted by molar-refractivity contribution is 6.00. The zero-order valence-corrected chi connectivity index (χ0v) is 21.2. The maximum absolute atomic E-state index is 12.8. The number of ether oxygens (including phenoxy) is 3. The van der Waals surface area contributed by atoms with Gasteiger partial charge in [0.2, 0.25) is 0 Å². The van der Waals surface area contributed by atoms with Gasteiger partial charge in [-0.05, 0) is 30.8 Å². The molecule has 0 saturated carbocycles. The summed E-state index contributed by atoms with van der Waals surface area (Å²) in [5.74, 6) is -0.450. The monoisotopic (exact) mass is 496 g/mol. The van der Waals surface area contributed by atoms with Gasteiger partial charge in [-0.2, -0.15) is 0 Å². The van der Waals surface area contributed by atoms with E-state index >= 15 is 0 Å². The minimum Gasteiger partial charge on any atom is -0.389 e. The standard InChI is InChI=1S/C26H40O9/c1-11(2)13-8-9-26(4)18(13)23(19(28)12(3)14-6-7-15(27)17(14)24(26)32)35-25-22(31)21(30)20(29)16(34-25)10-33-5/h11-12,16,19-25,28-32H,6-10H2,1-5H3/t12-,16-,19-,20-,21+,22-,23-,24+,25-,26+/m1/s1. The number of carbonyl (C=O) groups is 1. The van der Waals surface area contributed by atoms with Crippen LogP contribution in [0, 0.1) is 17.3 Å². The Morgan fingerprint density at radius 1 is 1.03 bits per heavy atom. The number of ketones is 1. The Morgan fingerprint density at radius 2 is 1.71 bits per heavy atom. The number of allylic oxidation sites excluding steroid dienone is 1. The maximum Gasteiger partial charge on any atom is 0.187 e. The van der Waals surface area contributed by atoms with E-state index in [1.54, 1.807) is 0 Å². The number of carbonyl (C=O) groups excluding carboxylic acids is 1. The predicted molar refractivity (Wildman–Crippen MR) is 125 cm³/mol. The molecule has 1 aliphatic heterocycles. The van der Waals surface area contributed by atoms with Crippen molar-refractivity contribution in [3.63, 3.8) is 0 Å². The first kappa shape index (κ1) is 26.9. The van der Waals surface area contributed by atoms with Gasteiger partial charge in [-0.3, -0.25) is 4.79 Å². The van der Waals surface area contributed by atoms with Crippen molar-refractivity contribution in [2.45, 2.75) is 102 Å². The third-order valence-electron chi connectivity index (χ3n) is 8.65. The van der Waals surface area contributed by atoms with Crippen molar-refractivity contribution >= 4 is 5.78 Å². The Morgan fingerprint density at radius 3 is 2.34 bits per heavy atom. The van der Waals surface area contributed by atoms with Crippen LogP contribution in [0.15, 0.2) is 22.3 Å². The third kappa shape index (κ3) is 4.34. The summed E-state index contributed by atoms with van der Waals surface area (Å²) in [6, 6.07) is 0. The van der Waals surface area contributed by atoms with Crippen molar-refractivity contribution in [1.29, 1.82) is 0 Å². The number of rotatable bonds is 5. The van der Waals surface area contributed by atoms with Gasteiger partial charge in [0, 0.05) is 30.4 Å². The molecular formula is C26H40O9. The zero-order chi connectivity index (χ0) is 25.8. The van der Waals surface area contributed by atoms with Gasteiger partial charge in [-0.15, -0.1) is 0 Å². The molecule has 0 aromatic carbocycles. The molecule has 0 bridgehead atoms. The van der Waals surface area contributed by atoms with Crippen LogP contribution in [0.5, 0.6) is 0 Å². The minimum absolute atomic E-state index is 0.0246. The molecule has 0 unspecified atom stereocenters. The normalized spacial score (nSPS) is 44.5. The Kier molecular flexibility index (Phi) is 7.64. The van der Waals surface area contributed by atoms with Crippen molar-refractivity contribution in [3.05, 3.63) is 22.3 Å². The molecule has 198 valence electrons. The topological polar surface area (TPSA) is 146 Å². The number of aliphatic hydroxyl groups excluding tert-OH is 5. The predicted octanol–water partition coefficient (Wildman–Crippen LogP) is 0.609. The van der Waals surface area contributed by atoms with E-state index in [0.717, 1.165) is 16.7 Å². The van der Waals surface area contributed by atoms with Crippen LogP contribution in [0.1, 0.15) is 53.4 Å². The molecule has 1 heterocycles. The van der Waals surface area contributed by atoms with Crippen molar-refractivity contribution in [2.24, 2.45) is 17.3 Å². The lowest BCUT2D eigenvalue weighted by molar-refractivity contribution is -0.316. The molecule has 10 atom stereocenters. The fourth-order valence-corrected chi connectivity index (χ4v) is 6.50. The molecule has 9 heteroatoms. The van der Waals surface area contributed by atoms with E-state index in [0.29, 0.717) is 31.3 Å². The molecule has 35 heavy (non-hydrogen) atoms. The molecule has 3 aliphatic carbocycles. The second kappa shape index (κ2) is 9.95. The van der Waals surface area contributed by atoms with Gasteiger partial charge in [0.15, 0.2) is 12.1 Å². The van der Waals surface area contributed by atoms with Gasteiger partial charge in [0.25, 0.3) is 0 Å². The van der Waals surface area contributed by atoms with E-state index in [4.69, 9.17) is 14.2 Å². The molecule has 1 saturated heterocycles. The van der Waals surface area contributed by atoms with Gasteiger partial charge in [-0.1, -0.05) is 38.8 Å². The van der Waals surface area contributed by atoms with E-state index in [1.165, 1.54) is 7.11 Å². The molecule has 5 N–H and O–H groups in total. The third-order valence-corrected chi connectivity index (χ3v) is 8.65. The highest BCUT2D eigenvalue weighted by atomic mass is 16.7. The first-order valence-electron chi connectivity index (χ1n) is 12.6. The Hall–Kier alpha value is -1.17. The number of fused-ring (bicyclic) bond motifs is 1. The van der Waals surface area contributed by atoms with Crippen molar-refractivity contribution < 1.29 is 44.5 Å². The summed E-state index contributed by atoms with van der Waals surface area (Å²) in [5.41, 5.74) is 2.09. The van der Waals surface area contributed by atoms with Crippen LogP contribution in [0.3, 0.4) is 0 Å². The lowest BCUT2D eigenvalue weighted by Crippen LogP contribution is -2.61. The van der Waals surface area contributed by atoms with E-state index in [9.17, 15) is 30.3 Å². The van der Waals surface area contributed by atoms with Crippen LogP contribution < -0.4 is 0 Å². The molecule has 0 spiro atoms. The van der Waals surface area contributed by atoms with Crippen molar-refractivity contribution in [3.8, 4) is 0 Å². The molecule has 0 radical (unpaired) electrons. The minimum atomic E-state index is -1.56. The molecule has 9 nitrogen and oxygen atoms in total. The highest BCUT2D eigenvalue weighted by Crippen LogP contribution is 2.55. The second-order valence-corrected chi connectivity index (χ2v) is 11.1. The number of hydrogen-bond acceptors (Lipinski definition) is 9. The second-order valence-electron chi connectivity index (χ2n) is 11.1. The fraction of sp³-hybridized carbons (Fsp3) is 0.808. The fourth-order valence-electron chi connectivity index (χ4n) is 6.50. The van der Waals surface area contributed by atoms with E-state index in [-0.39, 0.29) is 18.3 Å². The van der Waals surface area contributed by atoms with Crippen LogP contribution >= 0.6 is 0 Å². The van der Waals surface area contributed by atoms with Crippen LogP contribution in [-0.2, 0) is 19.0 Å². The molecule has 4 rings (SSSR count). The van der Waals surface area contributed by atoms with Gasteiger partial charge < -0.3 is 39.7 Å². The largest absolute Gasteiger partial charge is 0.389 e. The first-order valence-corrected chi connectivity index (χ1v) is 12.6. The Balaban J connectivity index is 1.80. The lowest BCUT2D eigenvalue weighted by Gasteiger charge is -2.46. The summed E-state index contributed by atoms with van der Waals surface area (Å²) in [6.45, 7) is 7.78. The number of aliphatic hydroxyl groups is 5. The molecule has 1 fully saturated rings. The average molecular weight is 497 g/mol. The molecule has 0 amide bonds. The smallest absolute Gasteiger partial charge is 0.187 e. The quantitative estimate of drug-likeness (QED) is 0.346. The summed E-state index contributed by atoms with van der Waals surface area (Å²) in [7, 11) is 1.43. The number of Topliss-reactive ketones (excluding diaryl/α,β-unsaturated/α-hetero) is 1. The number of hydrogen-bond donors (Lipinski definition) is 5. The lowest BCUT2D eigenvalue weighted by atomic mass is 9.67. The summed E-state index contributed by atoms with van der Waals surface area (Å²) in [6.07, 6.45) is -7.77. The van der Waals surface area contributed by atoms with Crippen LogP contribution in [-0.4, -0.2) is 94.1 Å². The van der Waals surface area contributed by atoms with Crippen LogP contribution in [0.2, 0.25) is 0 Å². The van der Waals surface area contributed by atoms with Gasteiger partial charge >= 0.3 is 0 Å². The molecule has 0 aromatic heterocycles. The molecule has 0 aromatic rings. The van der Waals surface area contributed by atoms with E-state index < -0.39 is 60.4 Å². The van der Waals surface area contributed by atoms with Gasteiger partial charge in [-0.25, -0.2) is 0 Å². The van der Waals surface area contributed by atoms with E-state index in [2.05, 4.69) is 0 Å². The van der Waals surface area contributed by atoms with Crippen molar-refractivity contribution in [2.75, 3.05) is 13.7 Å². The summed E-state index contributed by atoms with van der Waals surface area (Å²) in [4.78, 5) is 12.8. The number of methoxy groups -OCH3 is 1. The van der Waals surface area contributed by atoms with Crippen molar-refractivity contribution in [1.82, 2.24) is 0 Å². The highest BCUT2D eigenvalue weighted by Gasteiger charge is 2.55. The summed E-state index contributed by atoms with van der Waals surface area (Å²) >= 11 is 0. The molecule has 4 aliphatic rings. The summed E-state index contributed by atoms with van der Waals surface area (Å²) in [5, 5.41) is 54.8. The van der Waals surface area contributed by atoms with Crippen LogP contribution in [0.4, 0.5) is 0 Å². The van der Waals surface area contributed by atoms with Gasteiger partial charge in [0.05, 0.1) is 18.8 Å². The Bertz CT molecular complexity index is 895. The summed E-state index contributed by atoms with van der Waals surface area (Å²) < 4.78 is 17.2. The average Bonchev–Trinajstić information content (AvgIpc) is 3.37.